The summed E-state index contributed by atoms with van der Waals surface area (Å²) in [5.74, 6) is 0.678. The number of imidazole rings is 2. The number of aliphatic hydroxyl groups excluding tert-OH is 2. The lowest BCUT2D eigenvalue weighted by atomic mass is 9.98. The van der Waals surface area contributed by atoms with Gasteiger partial charge >= 0.3 is 0 Å². The molecule has 0 radical (unpaired) electrons. The number of nitrogens with zero attached hydrogens (tertiary/aromatic N) is 4. The Balaban J connectivity index is 1.44. The molecule has 0 spiro atoms. The van der Waals surface area contributed by atoms with Gasteiger partial charge in [0.25, 0.3) is 0 Å². The number of aliphatic hydroxyl groups is 2. The van der Waals surface area contributed by atoms with Gasteiger partial charge in [0.1, 0.15) is 29.3 Å². The summed E-state index contributed by atoms with van der Waals surface area (Å²) in [5, 5.41) is 26.4. The molecule has 7 nitrogen and oxygen atoms in total. The van der Waals surface area contributed by atoms with Crippen LogP contribution in [0.3, 0.4) is 0 Å². The Bertz CT molecular complexity index is 2110. The molecule has 7 rings (SSSR count). The van der Waals surface area contributed by atoms with Crippen molar-refractivity contribution in [1.82, 2.24) is 18.8 Å². The van der Waals surface area contributed by atoms with E-state index in [-0.39, 0.29) is 0 Å². The molecule has 2 N–H and O–H groups in total. The molecular formula is C35H30N4O3. The second-order valence-corrected chi connectivity index (χ2v) is 10.7. The summed E-state index contributed by atoms with van der Waals surface area (Å²) in [7, 11) is 1.62. The molecule has 7 aromatic rings. The Morgan fingerprint density at radius 3 is 1.79 bits per heavy atom. The number of methoxy groups -OCH3 is 1. The highest BCUT2D eigenvalue weighted by Gasteiger charge is 2.32. The smallest absolute Gasteiger partial charge is 0.137 e. The third kappa shape index (κ3) is 4.31. The summed E-state index contributed by atoms with van der Waals surface area (Å²) < 4.78 is 9.22. The first-order valence-electron chi connectivity index (χ1n) is 13.9. The van der Waals surface area contributed by atoms with Crippen LogP contribution in [0.25, 0.3) is 44.6 Å². The molecule has 3 aromatic carbocycles. The minimum atomic E-state index is -1.33. The van der Waals surface area contributed by atoms with Crippen LogP contribution >= 0.6 is 0 Å². The first-order valence-corrected chi connectivity index (χ1v) is 13.9. The Hall–Kier alpha value is -4.98. The van der Waals surface area contributed by atoms with E-state index in [2.05, 4.69) is 24.3 Å². The van der Waals surface area contributed by atoms with Gasteiger partial charge in [0.15, 0.2) is 0 Å². The molecule has 0 bridgehead atoms. The summed E-state index contributed by atoms with van der Waals surface area (Å²) in [6.45, 7) is 3.98. The molecular weight excluding hydrogens is 524 g/mol. The van der Waals surface area contributed by atoms with E-state index >= 15 is 0 Å². The predicted molar refractivity (Wildman–Crippen MR) is 165 cm³/mol. The van der Waals surface area contributed by atoms with Gasteiger partial charge in [-0.05, 0) is 66.1 Å². The van der Waals surface area contributed by atoms with Crippen molar-refractivity contribution in [2.24, 2.45) is 0 Å². The van der Waals surface area contributed by atoms with E-state index in [0.29, 0.717) is 39.8 Å². The van der Waals surface area contributed by atoms with Gasteiger partial charge in [0.2, 0.25) is 0 Å². The summed E-state index contributed by atoms with van der Waals surface area (Å²) in [5.41, 5.74) is 7.19. The standard InChI is InChI=1S/C35H30N4O3/c1-21-11-15-28-36-30(25-9-6-10-27(18-25)42-3)32(38(28)19-21)34(40)35(41)33-31(37-29-16-12-22(2)20-39(29)33)26-14-13-23-7-4-5-8-24(23)17-26/h4-20,34-35,40-41H,1-3H3. The largest absolute Gasteiger partial charge is 0.497 e. The van der Waals surface area contributed by atoms with E-state index in [0.717, 1.165) is 33.0 Å². The van der Waals surface area contributed by atoms with Crippen LogP contribution in [0.1, 0.15) is 34.7 Å². The highest BCUT2D eigenvalue weighted by Crippen LogP contribution is 2.40. The quantitative estimate of drug-likeness (QED) is 0.235. The molecule has 0 saturated heterocycles. The minimum Gasteiger partial charge on any atom is -0.497 e. The van der Waals surface area contributed by atoms with Crippen LogP contribution in [0.15, 0.2) is 103 Å². The topological polar surface area (TPSA) is 84.3 Å². The van der Waals surface area contributed by atoms with Gasteiger partial charge in [0.05, 0.1) is 29.9 Å². The molecule has 0 aliphatic rings. The average Bonchev–Trinajstić information content (AvgIpc) is 3.58. The molecule has 2 atom stereocenters. The second kappa shape index (κ2) is 10.1. The second-order valence-electron chi connectivity index (χ2n) is 10.7. The molecule has 4 heterocycles. The lowest BCUT2D eigenvalue weighted by Gasteiger charge is -2.21. The van der Waals surface area contributed by atoms with E-state index in [9.17, 15) is 10.2 Å². The number of aryl methyl sites for hydroxylation is 2. The summed E-state index contributed by atoms with van der Waals surface area (Å²) in [6.07, 6.45) is 1.22. The third-order valence-electron chi connectivity index (χ3n) is 7.83. The van der Waals surface area contributed by atoms with Crippen LogP contribution in [0.5, 0.6) is 5.75 Å². The third-order valence-corrected chi connectivity index (χ3v) is 7.83. The van der Waals surface area contributed by atoms with Crippen LogP contribution in [0, 0.1) is 13.8 Å². The molecule has 0 aliphatic carbocycles. The molecule has 0 amide bonds. The van der Waals surface area contributed by atoms with Crippen molar-refractivity contribution in [2.45, 2.75) is 26.1 Å². The van der Waals surface area contributed by atoms with Crippen molar-refractivity contribution in [3.63, 3.8) is 0 Å². The molecule has 7 heteroatoms. The van der Waals surface area contributed by atoms with Gasteiger partial charge in [-0.15, -0.1) is 0 Å². The van der Waals surface area contributed by atoms with Gasteiger partial charge in [-0.3, -0.25) is 0 Å². The number of benzene rings is 3. The molecule has 42 heavy (non-hydrogen) atoms. The Morgan fingerprint density at radius 1 is 0.619 bits per heavy atom. The zero-order chi connectivity index (χ0) is 29.0. The maximum atomic E-state index is 12.1. The van der Waals surface area contributed by atoms with Gasteiger partial charge in [-0.2, -0.15) is 0 Å². The number of fused-ring (bicyclic) bond motifs is 3. The summed E-state index contributed by atoms with van der Waals surface area (Å²) >= 11 is 0. The van der Waals surface area contributed by atoms with Crippen LogP contribution in [0.2, 0.25) is 0 Å². The molecule has 0 saturated carbocycles. The molecule has 208 valence electrons. The van der Waals surface area contributed by atoms with Crippen LogP contribution < -0.4 is 4.74 Å². The zero-order valence-corrected chi connectivity index (χ0v) is 23.6. The molecule has 2 unspecified atom stereocenters. The summed E-state index contributed by atoms with van der Waals surface area (Å²) in [4.78, 5) is 9.84. The first-order chi connectivity index (χ1) is 20.4. The Labute approximate surface area is 242 Å². The zero-order valence-electron chi connectivity index (χ0n) is 23.6. The van der Waals surface area contributed by atoms with Crippen molar-refractivity contribution in [1.29, 1.82) is 0 Å². The fraction of sp³-hybridized carbons (Fsp3) is 0.143. The van der Waals surface area contributed by atoms with E-state index in [1.807, 2.05) is 102 Å². The maximum absolute atomic E-state index is 12.1. The maximum Gasteiger partial charge on any atom is 0.137 e. The monoisotopic (exact) mass is 554 g/mol. The first kappa shape index (κ1) is 26.0. The fourth-order valence-electron chi connectivity index (χ4n) is 5.73. The van der Waals surface area contributed by atoms with Crippen molar-refractivity contribution in [3.8, 4) is 28.3 Å². The van der Waals surface area contributed by atoms with Crippen molar-refractivity contribution in [3.05, 3.63) is 126 Å². The lowest BCUT2D eigenvalue weighted by Crippen LogP contribution is -2.16. The van der Waals surface area contributed by atoms with Crippen molar-refractivity contribution >= 4 is 22.1 Å². The van der Waals surface area contributed by atoms with Gasteiger partial charge in [0, 0.05) is 23.5 Å². The number of hydrogen-bond donors (Lipinski definition) is 2. The Morgan fingerprint density at radius 2 is 1.19 bits per heavy atom. The highest BCUT2D eigenvalue weighted by molar-refractivity contribution is 5.87. The predicted octanol–water partition coefficient (Wildman–Crippen LogP) is 6.86. The molecule has 0 aliphatic heterocycles. The van der Waals surface area contributed by atoms with E-state index in [4.69, 9.17) is 14.7 Å². The molecule has 0 fully saturated rings. The number of hydrogen-bond acceptors (Lipinski definition) is 5. The minimum absolute atomic E-state index is 0.488. The summed E-state index contributed by atoms with van der Waals surface area (Å²) in [6, 6.07) is 29.7. The number of rotatable bonds is 6. The van der Waals surface area contributed by atoms with E-state index in [1.165, 1.54) is 0 Å². The van der Waals surface area contributed by atoms with E-state index in [1.54, 1.807) is 7.11 Å². The van der Waals surface area contributed by atoms with Crippen LogP contribution in [-0.4, -0.2) is 36.1 Å². The Kier molecular flexibility index (Phi) is 6.26. The number of aromatic nitrogens is 4. The molecule has 4 aromatic heterocycles. The van der Waals surface area contributed by atoms with Crippen LogP contribution in [-0.2, 0) is 0 Å². The normalized spacial score (nSPS) is 13.2. The van der Waals surface area contributed by atoms with E-state index < -0.39 is 12.2 Å². The van der Waals surface area contributed by atoms with Gasteiger partial charge < -0.3 is 23.8 Å². The SMILES string of the molecule is COc1cccc(-c2nc3ccc(C)cn3c2C(O)C(O)c2c(-c3ccc4ccccc4c3)nc3ccc(C)cn23)c1. The van der Waals surface area contributed by atoms with Crippen molar-refractivity contribution < 1.29 is 14.9 Å². The van der Waals surface area contributed by atoms with Gasteiger partial charge in [-0.1, -0.05) is 60.7 Å². The average molecular weight is 555 g/mol. The van der Waals surface area contributed by atoms with Crippen LogP contribution in [0.4, 0.5) is 0 Å². The van der Waals surface area contributed by atoms with Crippen molar-refractivity contribution in [2.75, 3.05) is 7.11 Å². The highest BCUT2D eigenvalue weighted by atomic mass is 16.5. The fourth-order valence-corrected chi connectivity index (χ4v) is 5.73. The van der Waals surface area contributed by atoms with Gasteiger partial charge in [-0.25, -0.2) is 9.97 Å². The number of pyridine rings is 2. The lowest BCUT2D eigenvalue weighted by molar-refractivity contribution is 0.0118. The number of ether oxygens (including phenoxy) is 1.